The highest BCUT2D eigenvalue weighted by atomic mass is 35.5. The standard InChI is InChI=1S/C29H27ClFN7O4/c1-16-19(14-33-38(16)24-9-6-7-20(30)26(24)31)28(40)37-21-8-4-3-5-10-25(39)35-22-13-17(34-29(41)42-2)11-12-18(22)23-15-32-27(21)36-23/h3-4,6-7,9,11-15,21H,5,8,10H2,1-2H3,(H,32,36)(H,34,41)(H,35,39)(H,37,40)/b4-3+. The molecule has 42 heavy (non-hydrogen) atoms. The van der Waals surface area contributed by atoms with Gasteiger partial charge in [0.15, 0.2) is 5.82 Å². The van der Waals surface area contributed by atoms with Crippen molar-refractivity contribution in [2.45, 2.75) is 32.2 Å². The first-order valence-electron chi connectivity index (χ1n) is 13.0. The Kier molecular flexibility index (Phi) is 8.34. The lowest BCUT2D eigenvalue weighted by molar-refractivity contribution is -0.116. The molecular weight excluding hydrogens is 565 g/mol. The zero-order valence-corrected chi connectivity index (χ0v) is 23.5. The van der Waals surface area contributed by atoms with Gasteiger partial charge in [-0.3, -0.25) is 14.9 Å². The van der Waals surface area contributed by atoms with Gasteiger partial charge in [-0.25, -0.2) is 18.9 Å². The van der Waals surface area contributed by atoms with Crippen LogP contribution >= 0.6 is 11.6 Å². The molecule has 216 valence electrons. The lowest BCUT2D eigenvalue weighted by Gasteiger charge is -2.15. The number of hydrogen-bond donors (Lipinski definition) is 4. The summed E-state index contributed by atoms with van der Waals surface area (Å²) in [6.45, 7) is 1.67. The number of aromatic nitrogens is 4. The highest BCUT2D eigenvalue weighted by molar-refractivity contribution is 6.30. The predicted octanol–water partition coefficient (Wildman–Crippen LogP) is 5.69. The Morgan fingerprint density at radius 3 is 2.83 bits per heavy atom. The Balaban J connectivity index is 1.45. The van der Waals surface area contributed by atoms with E-state index < -0.39 is 23.9 Å². The molecule has 3 heterocycles. The van der Waals surface area contributed by atoms with Gasteiger partial charge < -0.3 is 20.4 Å². The largest absolute Gasteiger partial charge is 0.453 e. The SMILES string of the molecule is COC(=O)Nc1ccc2c(c1)NC(=O)CC/C=C/CC(NC(=O)c1cnn(-c3cccc(Cl)c3F)c1C)c1ncc-2[nH]1. The third kappa shape index (κ3) is 6.03. The topological polar surface area (TPSA) is 143 Å². The number of ether oxygens (including phenoxy) is 1. The van der Waals surface area contributed by atoms with E-state index in [9.17, 15) is 18.8 Å². The number of rotatable bonds is 4. The summed E-state index contributed by atoms with van der Waals surface area (Å²) in [5.41, 5.74) is 2.95. The van der Waals surface area contributed by atoms with Gasteiger partial charge in [0.1, 0.15) is 11.5 Å². The molecule has 1 aliphatic heterocycles. The van der Waals surface area contributed by atoms with Crippen LogP contribution in [0.25, 0.3) is 16.9 Å². The van der Waals surface area contributed by atoms with Crippen LogP contribution in [0.5, 0.6) is 0 Å². The fourth-order valence-corrected chi connectivity index (χ4v) is 4.73. The molecule has 2 aromatic heterocycles. The summed E-state index contributed by atoms with van der Waals surface area (Å²) in [5, 5.41) is 12.7. The molecule has 0 saturated heterocycles. The van der Waals surface area contributed by atoms with E-state index in [2.05, 4.69) is 35.8 Å². The Bertz CT molecular complexity index is 1700. The smallest absolute Gasteiger partial charge is 0.411 e. The minimum Gasteiger partial charge on any atom is -0.453 e. The third-order valence-electron chi connectivity index (χ3n) is 6.74. The Morgan fingerprint density at radius 1 is 1.19 bits per heavy atom. The number of benzene rings is 2. The maximum atomic E-state index is 14.6. The lowest BCUT2D eigenvalue weighted by Crippen LogP contribution is -2.29. The van der Waals surface area contributed by atoms with E-state index in [0.29, 0.717) is 47.0 Å². The predicted molar refractivity (Wildman–Crippen MR) is 155 cm³/mol. The zero-order valence-electron chi connectivity index (χ0n) is 22.7. The molecule has 0 fully saturated rings. The molecule has 1 aliphatic rings. The van der Waals surface area contributed by atoms with Crippen LogP contribution in [0.1, 0.15) is 47.2 Å². The Morgan fingerprint density at radius 2 is 2.02 bits per heavy atom. The molecule has 2 bridgehead atoms. The zero-order chi connectivity index (χ0) is 29.8. The van der Waals surface area contributed by atoms with E-state index in [1.54, 1.807) is 37.4 Å². The van der Waals surface area contributed by atoms with Crippen LogP contribution in [0.4, 0.5) is 20.6 Å². The molecule has 0 spiro atoms. The second kappa shape index (κ2) is 12.3. The number of halogens is 2. The monoisotopic (exact) mass is 591 g/mol. The summed E-state index contributed by atoms with van der Waals surface area (Å²) in [5.74, 6) is -0.773. The molecule has 0 saturated carbocycles. The van der Waals surface area contributed by atoms with E-state index >= 15 is 0 Å². The second-order valence-corrected chi connectivity index (χ2v) is 9.91. The molecule has 1 atom stereocenters. The first-order valence-corrected chi connectivity index (χ1v) is 13.4. The van der Waals surface area contributed by atoms with E-state index in [-0.39, 0.29) is 28.6 Å². The van der Waals surface area contributed by atoms with Crippen LogP contribution in [-0.4, -0.2) is 44.8 Å². The fourth-order valence-electron chi connectivity index (χ4n) is 4.56. The van der Waals surface area contributed by atoms with Crippen molar-refractivity contribution in [3.05, 3.63) is 88.9 Å². The van der Waals surface area contributed by atoms with E-state index in [4.69, 9.17) is 11.6 Å². The summed E-state index contributed by atoms with van der Waals surface area (Å²) in [7, 11) is 1.26. The van der Waals surface area contributed by atoms with Crippen molar-refractivity contribution in [3.63, 3.8) is 0 Å². The van der Waals surface area contributed by atoms with Crippen molar-refractivity contribution >= 4 is 40.9 Å². The number of imidazole rings is 1. The number of anilines is 2. The number of methoxy groups -OCH3 is 1. The number of nitrogens with one attached hydrogen (secondary N) is 4. The van der Waals surface area contributed by atoms with Crippen LogP contribution in [0.15, 0.2) is 60.9 Å². The number of hydrogen-bond acceptors (Lipinski definition) is 6. The third-order valence-corrected chi connectivity index (χ3v) is 7.03. The van der Waals surface area contributed by atoms with Gasteiger partial charge >= 0.3 is 6.09 Å². The molecular formula is C29H27ClFN7O4. The normalized spacial score (nSPS) is 15.7. The number of allylic oxidation sites excluding steroid dienone is 1. The first kappa shape index (κ1) is 28.6. The average Bonchev–Trinajstić information content (AvgIpc) is 3.61. The number of H-pyrrole nitrogens is 1. The van der Waals surface area contributed by atoms with Gasteiger partial charge in [0, 0.05) is 17.7 Å². The molecule has 4 N–H and O–H groups in total. The number of nitrogens with zero attached hydrogens (tertiary/aromatic N) is 3. The molecule has 0 aliphatic carbocycles. The molecule has 13 heteroatoms. The van der Waals surface area contributed by atoms with Gasteiger partial charge in [-0.2, -0.15) is 5.10 Å². The summed E-state index contributed by atoms with van der Waals surface area (Å²) < 4.78 is 20.6. The van der Waals surface area contributed by atoms with Gasteiger partial charge in [0.2, 0.25) is 5.91 Å². The van der Waals surface area contributed by atoms with E-state index in [1.165, 1.54) is 30.1 Å². The highest BCUT2D eigenvalue weighted by Crippen LogP contribution is 2.32. The van der Waals surface area contributed by atoms with Gasteiger partial charge in [0.25, 0.3) is 5.91 Å². The van der Waals surface area contributed by atoms with Crippen molar-refractivity contribution < 1.29 is 23.5 Å². The molecule has 5 rings (SSSR count). The molecule has 2 aromatic carbocycles. The van der Waals surface area contributed by atoms with Crippen LogP contribution in [0.3, 0.4) is 0 Å². The summed E-state index contributed by atoms with van der Waals surface area (Å²) in [6.07, 6.45) is 7.18. The Hall–Kier alpha value is -4.97. The Labute approximate surface area is 245 Å². The van der Waals surface area contributed by atoms with Crippen LogP contribution < -0.4 is 16.0 Å². The maximum Gasteiger partial charge on any atom is 0.411 e. The number of carbonyl (C=O) groups is 3. The maximum absolute atomic E-state index is 14.6. The van der Waals surface area contributed by atoms with Gasteiger partial charge in [-0.15, -0.1) is 0 Å². The molecule has 1 unspecified atom stereocenters. The minimum absolute atomic E-state index is 0.0488. The number of aromatic amines is 1. The highest BCUT2D eigenvalue weighted by Gasteiger charge is 2.23. The minimum atomic E-state index is -0.642. The van der Waals surface area contributed by atoms with Crippen LogP contribution in [0.2, 0.25) is 5.02 Å². The van der Waals surface area contributed by atoms with Crippen molar-refractivity contribution in [3.8, 4) is 16.9 Å². The number of fused-ring (bicyclic) bond motifs is 4. The first-order chi connectivity index (χ1) is 20.2. The summed E-state index contributed by atoms with van der Waals surface area (Å²) in [6, 6.07) is 9.05. The van der Waals surface area contributed by atoms with E-state index in [1.807, 2.05) is 12.2 Å². The second-order valence-electron chi connectivity index (χ2n) is 9.51. The van der Waals surface area contributed by atoms with E-state index in [0.717, 1.165) is 0 Å². The fraction of sp³-hybridized carbons (Fsp3) is 0.207. The van der Waals surface area contributed by atoms with Crippen molar-refractivity contribution in [2.24, 2.45) is 0 Å². The van der Waals surface area contributed by atoms with Gasteiger partial charge in [-0.1, -0.05) is 29.8 Å². The van der Waals surface area contributed by atoms with Gasteiger partial charge in [-0.05, 0) is 50.1 Å². The van der Waals surface area contributed by atoms with Gasteiger partial charge in [0.05, 0.1) is 53.2 Å². The molecule has 3 amide bonds. The average molecular weight is 592 g/mol. The summed E-state index contributed by atoms with van der Waals surface area (Å²) >= 11 is 5.94. The van der Waals surface area contributed by atoms with Crippen LogP contribution in [0, 0.1) is 12.7 Å². The van der Waals surface area contributed by atoms with Crippen molar-refractivity contribution in [2.75, 3.05) is 17.7 Å². The lowest BCUT2D eigenvalue weighted by atomic mass is 10.1. The summed E-state index contributed by atoms with van der Waals surface area (Å²) in [4.78, 5) is 45.6. The molecule has 11 nitrogen and oxygen atoms in total. The van der Waals surface area contributed by atoms with Crippen molar-refractivity contribution in [1.82, 2.24) is 25.1 Å². The van der Waals surface area contributed by atoms with Crippen LogP contribution in [-0.2, 0) is 9.53 Å². The number of carbonyl (C=O) groups excluding carboxylic acids is 3. The quantitative estimate of drug-likeness (QED) is 0.224. The number of amides is 3. The van der Waals surface area contributed by atoms with Crippen molar-refractivity contribution in [1.29, 1.82) is 0 Å². The molecule has 4 aromatic rings. The molecule has 0 radical (unpaired) electrons.